The lowest BCUT2D eigenvalue weighted by Crippen LogP contribution is -2.20. The molecule has 5 rings (SSSR count). The molecule has 0 saturated heterocycles. The third-order valence-electron chi connectivity index (χ3n) is 5.89. The second-order valence-corrected chi connectivity index (χ2v) is 9.24. The van der Waals surface area contributed by atoms with Crippen LogP contribution in [0.5, 0.6) is 11.5 Å². The van der Waals surface area contributed by atoms with Gasteiger partial charge >= 0.3 is 0 Å². The fourth-order valence-corrected chi connectivity index (χ4v) is 4.22. The van der Waals surface area contributed by atoms with Crippen molar-refractivity contribution in [2.45, 2.75) is 26.4 Å². The van der Waals surface area contributed by atoms with Gasteiger partial charge in [-0.1, -0.05) is 41.1 Å². The molecular weight excluding hydrogens is 522 g/mol. The van der Waals surface area contributed by atoms with E-state index in [9.17, 15) is 4.79 Å². The van der Waals surface area contributed by atoms with Crippen LogP contribution in [-0.4, -0.2) is 29.1 Å². The van der Waals surface area contributed by atoms with Crippen LogP contribution in [0.25, 0.3) is 33.5 Å². The largest absolute Gasteiger partial charge is 0.493 e. The number of nitrogens with zero attached hydrogens (tertiary/aromatic N) is 3. The number of methoxy groups -OCH3 is 1. The van der Waals surface area contributed by atoms with Crippen molar-refractivity contribution in [2.75, 3.05) is 7.11 Å². The first-order valence-electron chi connectivity index (χ1n) is 11.6. The second kappa shape index (κ2) is 9.99. The monoisotopic (exact) mass is 545 g/mol. The number of furan rings is 1. The van der Waals surface area contributed by atoms with Gasteiger partial charge in [-0.25, -0.2) is 4.98 Å². The molecule has 0 aliphatic rings. The number of hydrogen-bond donors (Lipinski definition) is 0. The molecule has 0 saturated carbocycles. The minimum atomic E-state index is -0.305. The van der Waals surface area contributed by atoms with Crippen molar-refractivity contribution in [1.29, 1.82) is 0 Å². The van der Waals surface area contributed by atoms with Gasteiger partial charge in [-0.2, -0.15) is 9.78 Å². The second-order valence-electron chi connectivity index (χ2n) is 8.32. The number of halogens is 1. The summed E-state index contributed by atoms with van der Waals surface area (Å²) in [7, 11) is 1.59. The Morgan fingerprint density at radius 1 is 1.14 bits per heavy atom. The van der Waals surface area contributed by atoms with Gasteiger partial charge < -0.3 is 13.9 Å². The maximum atomic E-state index is 13.5. The summed E-state index contributed by atoms with van der Waals surface area (Å²) in [4.78, 5) is 18.3. The summed E-state index contributed by atoms with van der Waals surface area (Å²) in [5.41, 5.74) is 1.62. The van der Waals surface area contributed by atoms with E-state index in [0.29, 0.717) is 45.1 Å². The van der Waals surface area contributed by atoms with Crippen LogP contribution in [-0.2, 0) is 0 Å². The van der Waals surface area contributed by atoms with Crippen LogP contribution >= 0.6 is 15.9 Å². The smallest absolute Gasteiger partial charge is 0.282 e. The molecule has 8 heteroatoms. The van der Waals surface area contributed by atoms with Crippen LogP contribution in [0.2, 0.25) is 0 Å². The van der Waals surface area contributed by atoms with E-state index in [1.165, 1.54) is 4.68 Å². The Hall–Kier alpha value is -3.91. The van der Waals surface area contributed by atoms with Crippen LogP contribution in [0.1, 0.15) is 25.8 Å². The molecule has 7 nitrogen and oxygen atoms in total. The van der Waals surface area contributed by atoms with E-state index in [2.05, 4.69) is 21.0 Å². The molecule has 0 aliphatic carbocycles. The molecule has 2 aromatic heterocycles. The van der Waals surface area contributed by atoms with E-state index in [1.807, 2.05) is 62.4 Å². The van der Waals surface area contributed by atoms with Gasteiger partial charge in [-0.3, -0.25) is 4.79 Å². The molecule has 1 atom stereocenters. The van der Waals surface area contributed by atoms with Crippen molar-refractivity contribution in [1.82, 2.24) is 9.66 Å². The van der Waals surface area contributed by atoms with Gasteiger partial charge in [0.15, 0.2) is 17.3 Å². The number of aromatic nitrogens is 2. The lowest BCUT2D eigenvalue weighted by Gasteiger charge is -2.17. The number of fused-ring (bicyclic) bond motifs is 2. The zero-order valence-corrected chi connectivity index (χ0v) is 21.7. The van der Waals surface area contributed by atoms with Gasteiger partial charge in [0, 0.05) is 15.4 Å². The van der Waals surface area contributed by atoms with E-state index in [0.717, 1.165) is 16.3 Å². The Kier molecular flexibility index (Phi) is 6.61. The molecule has 0 bridgehead atoms. The van der Waals surface area contributed by atoms with Crippen LogP contribution in [0, 0.1) is 0 Å². The molecule has 36 heavy (non-hydrogen) atoms. The summed E-state index contributed by atoms with van der Waals surface area (Å²) in [5.74, 6) is 1.89. The predicted octanol–water partition coefficient (Wildman–Crippen LogP) is 6.64. The van der Waals surface area contributed by atoms with E-state index in [-0.39, 0.29) is 11.7 Å². The SMILES string of the molecule is CC[C@H](C)Oc1c(C=Nn2c(-c3cc4cc(Br)ccc4o3)nc3ccccc3c2=O)cccc1OC. The fraction of sp³-hybridized carbons (Fsp3) is 0.179. The maximum Gasteiger partial charge on any atom is 0.282 e. The molecular formula is C28H24BrN3O4. The Morgan fingerprint density at radius 2 is 1.97 bits per heavy atom. The number of hydrogen-bond acceptors (Lipinski definition) is 6. The Labute approximate surface area is 216 Å². The summed E-state index contributed by atoms with van der Waals surface area (Å²) >= 11 is 3.49. The van der Waals surface area contributed by atoms with Gasteiger partial charge in [-0.15, -0.1) is 0 Å². The van der Waals surface area contributed by atoms with E-state index in [1.54, 1.807) is 31.5 Å². The minimum absolute atomic E-state index is 0.0241. The highest BCUT2D eigenvalue weighted by molar-refractivity contribution is 9.10. The number of ether oxygens (including phenoxy) is 2. The predicted molar refractivity (Wildman–Crippen MR) is 145 cm³/mol. The molecule has 0 aliphatic heterocycles. The number of benzene rings is 3. The first-order valence-corrected chi connectivity index (χ1v) is 12.4. The van der Waals surface area contributed by atoms with Crippen molar-refractivity contribution in [2.24, 2.45) is 5.10 Å². The molecule has 0 radical (unpaired) electrons. The topological polar surface area (TPSA) is 78.9 Å². The van der Waals surface area contributed by atoms with Crippen molar-refractivity contribution < 1.29 is 13.9 Å². The molecule has 0 N–H and O–H groups in total. The van der Waals surface area contributed by atoms with Crippen molar-refractivity contribution >= 4 is 44.0 Å². The number of para-hydroxylation sites is 2. The highest BCUT2D eigenvalue weighted by atomic mass is 79.9. The maximum absolute atomic E-state index is 13.5. The lowest BCUT2D eigenvalue weighted by atomic mass is 10.2. The Morgan fingerprint density at radius 3 is 2.78 bits per heavy atom. The molecule has 0 unspecified atom stereocenters. The average molecular weight is 546 g/mol. The fourth-order valence-electron chi connectivity index (χ4n) is 3.84. The van der Waals surface area contributed by atoms with Crippen LogP contribution in [0.4, 0.5) is 0 Å². The van der Waals surface area contributed by atoms with Gasteiger partial charge in [0.1, 0.15) is 5.58 Å². The van der Waals surface area contributed by atoms with Crippen LogP contribution < -0.4 is 15.0 Å². The van der Waals surface area contributed by atoms with Gasteiger partial charge in [0.25, 0.3) is 5.56 Å². The summed E-state index contributed by atoms with van der Waals surface area (Å²) < 4.78 is 19.9. The van der Waals surface area contributed by atoms with Crippen molar-refractivity contribution in [3.63, 3.8) is 0 Å². The third kappa shape index (κ3) is 4.52. The lowest BCUT2D eigenvalue weighted by molar-refractivity contribution is 0.207. The van der Waals surface area contributed by atoms with Gasteiger partial charge in [0.2, 0.25) is 5.82 Å². The Balaban J connectivity index is 1.69. The number of rotatable bonds is 7. The molecule has 182 valence electrons. The molecule has 0 fully saturated rings. The van der Waals surface area contributed by atoms with E-state index in [4.69, 9.17) is 18.9 Å². The van der Waals surface area contributed by atoms with E-state index < -0.39 is 0 Å². The molecule has 5 aromatic rings. The standard InChI is InChI=1S/C28H24BrN3O4/c1-4-17(2)35-26-18(8-7-11-24(26)34-3)16-30-32-27(31-22-10-6-5-9-21(22)28(32)33)25-15-19-14-20(29)12-13-23(19)36-25/h5-17H,4H2,1-3H3/t17-/m0/s1. The zero-order valence-electron chi connectivity index (χ0n) is 20.1. The summed E-state index contributed by atoms with van der Waals surface area (Å²) in [5, 5.41) is 5.91. The highest BCUT2D eigenvalue weighted by Gasteiger charge is 2.17. The summed E-state index contributed by atoms with van der Waals surface area (Å²) in [6, 6.07) is 20.3. The quantitative estimate of drug-likeness (QED) is 0.214. The molecule has 0 spiro atoms. The third-order valence-corrected chi connectivity index (χ3v) is 6.38. The van der Waals surface area contributed by atoms with E-state index >= 15 is 0 Å². The summed E-state index contributed by atoms with van der Waals surface area (Å²) in [6.45, 7) is 4.04. The minimum Gasteiger partial charge on any atom is -0.493 e. The first-order chi connectivity index (χ1) is 17.5. The normalized spacial score (nSPS) is 12.4. The first kappa shape index (κ1) is 23.8. The molecule has 0 amide bonds. The van der Waals surface area contributed by atoms with Gasteiger partial charge in [-0.05, 0) is 61.9 Å². The average Bonchev–Trinajstić information content (AvgIpc) is 3.31. The van der Waals surface area contributed by atoms with Crippen LogP contribution in [0.15, 0.2) is 85.5 Å². The highest BCUT2D eigenvalue weighted by Crippen LogP contribution is 2.32. The van der Waals surface area contributed by atoms with Crippen LogP contribution in [0.3, 0.4) is 0 Å². The van der Waals surface area contributed by atoms with Gasteiger partial charge in [0.05, 0.1) is 30.3 Å². The Bertz CT molecular complexity index is 1650. The summed E-state index contributed by atoms with van der Waals surface area (Å²) in [6.07, 6.45) is 2.39. The molecule has 2 heterocycles. The van der Waals surface area contributed by atoms with Crippen molar-refractivity contribution in [3.8, 4) is 23.1 Å². The zero-order chi connectivity index (χ0) is 25.2. The van der Waals surface area contributed by atoms with Crippen molar-refractivity contribution in [3.05, 3.63) is 87.1 Å². The molecule has 3 aromatic carbocycles.